The fourth-order valence-electron chi connectivity index (χ4n) is 5.72. The van der Waals surface area contributed by atoms with Gasteiger partial charge in [-0.3, -0.25) is 23.4 Å². The van der Waals surface area contributed by atoms with E-state index in [1.54, 1.807) is 42.1 Å². The van der Waals surface area contributed by atoms with Gasteiger partial charge in [-0.2, -0.15) is 11.8 Å². The van der Waals surface area contributed by atoms with Gasteiger partial charge in [0.1, 0.15) is 37.2 Å². The molecule has 17 heteroatoms. The molecule has 0 spiro atoms. The van der Waals surface area contributed by atoms with Crippen molar-refractivity contribution < 1.29 is 37.9 Å². The molecule has 1 fully saturated rings. The van der Waals surface area contributed by atoms with Crippen LogP contribution in [0.1, 0.15) is 17.6 Å². The molecule has 0 radical (unpaired) electrons. The normalized spacial score (nSPS) is 20.3. The highest BCUT2D eigenvalue weighted by Gasteiger charge is 2.48. The Morgan fingerprint density at radius 3 is 2.70 bits per heavy atom. The average molecular weight is 749 g/mol. The number of halogens is 1. The zero-order valence-electron chi connectivity index (χ0n) is 28.0. The van der Waals surface area contributed by atoms with Crippen LogP contribution >= 0.6 is 31.1 Å². The Morgan fingerprint density at radius 1 is 1.14 bits per heavy atom. The van der Waals surface area contributed by atoms with Gasteiger partial charge >= 0.3 is 13.4 Å². The lowest BCUT2D eigenvalue weighted by molar-refractivity contribution is -0.746. The lowest BCUT2D eigenvalue weighted by Gasteiger charge is -2.22. The molecular weight excluding hydrogens is 707 g/mol. The molecule has 0 saturated carbocycles. The van der Waals surface area contributed by atoms with Gasteiger partial charge in [0.2, 0.25) is 11.7 Å². The number of thioether (sulfide) groups is 1. The number of ether oxygens (including phenoxy) is 2. The summed E-state index contributed by atoms with van der Waals surface area (Å²) in [6.07, 6.45) is 0.944. The van der Waals surface area contributed by atoms with Crippen molar-refractivity contribution in [2.24, 2.45) is 0 Å². The largest absolute Gasteiger partial charge is 0.490 e. The number of hydrogen-bond donors (Lipinski definition) is 5. The smallest absolute Gasteiger partial charge is 0.405 e. The number of rotatable bonds is 16. The van der Waals surface area contributed by atoms with Gasteiger partial charge < -0.3 is 32.1 Å². The summed E-state index contributed by atoms with van der Waals surface area (Å²) in [6.45, 7) is 2.25. The number of aliphatic hydroxyl groups excluding tert-OH is 2. The molecule has 1 aliphatic rings. The summed E-state index contributed by atoms with van der Waals surface area (Å²) in [4.78, 5) is 23.5. The number of aromatic nitrogens is 5. The second-order valence-electron chi connectivity index (χ2n) is 11.5. The molecule has 0 bridgehead atoms. The zero-order valence-corrected chi connectivity index (χ0v) is 30.4. The van der Waals surface area contributed by atoms with Crippen LogP contribution in [0.25, 0.3) is 22.1 Å². The van der Waals surface area contributed by atoms with Crippen molar-refractivity contribution in [3.05, 3.63) is 95.2 Å². The SMILES string of the molecule is CSCCOP(=O)(NCCc1c[nH]c2ccccc12)OC[C@H]1O[C@@H]([n+]2cn(CCOc3ccc(Cl)cc3)c3c(=O)[nH]c(C)nc32)C(O)[C@H]1O.[CH3-]. The number of H-pyrrole nitrogens is 2. The summed E-state index contributed by atoms with van der Waals surface area (Å²) in [7, 11) is -3.84. The summed E-state index contributed by atoms with van der Waals surface area (Å²) in [5.74, 6) is 1.56. The molecule has 2 unspecified atom stereocenters. The van der Waals surface area contributed by atoms with Gasteiger partial charge in [0.05, 0.1) is 13.2 Å². The first-order chi connectivity index (χ1) is 23.7. The van der Waals surface area contributed by atoms with Crippen molar-refractivity contribution in [1.29, 1.82) is 0 Å². The van der Waals surface area contributed by atoms with Crippen LogP contribution in [-0.2, 0) is 31.3 Å². The Kier molecular flexibility index (Phi) is 12.8. The van der Waals surface area contributed by atoms with E-state index in [4.69, 9.17) is 30.1 Å². The number of para-hydroxylation sites is 1. The van der Waals surface area contributed by atoms with Crippen LogP contribution in [0.15, 0.2) is 65.8 Å². The lowest BCUT2D eigenvalue weighted by atomic mass is 10.1. The van der Waals surface area contributed by atoms with E-state index in [-0.39, 0.29) is 50.5 Å². The van der Waals surface area contributed by atoms with Gasteiger partial charge in [-0.15, -0.1) is 0 Å². The minimum Gasteiger partial charge on any atom is -0.490 e. The summed E-state index contributed by atoms with van der Waals surface area (Å²) in [5, 5.41) is 26.8. The molecule has 5 N–H and O–H groups in total. The minimum absolute atomic E-state index is 0. The number of imidazole rings is 1. The number of aliphatic hydroxyl groups is 2. The highest BCUT2D eigenvalue weighted by atomic mass is 35.5. The quantitative estimate of drug-likeness (QED) is 0.0428. The van der Waals surface area contributed by atoms with E-state index in [2.05, 4.69) is 20.0 Å². The van der Waals surface area contributed by atoms with Crippen molar-refractivity contribution in [2.75, 3.05) is 38.4 Å². The molecular formula is C33H42ClN6O8PS. The first-order valence-corrected chi connectivity index (χ1v) is 19.1. The molecule has 4 heterocycles. The van der Waals surface area contributed by atoms with E-state index >= 15 is 0 Å². The first kappa shape index (κ1) is 38.0. The van der Waals surface area contributed by atoms with Crippen LogP contribution in [0.5, 0.6) is 5.75 Å². The number of nitrogens with one attached hydrogen (secondary N) is 3. The van der Waals surface area contributed by atoms with E-state index in [9.17, 15) is 19.6 Å². The van der Waals surface area contributed by atoms with E-state index in [1.165, 1.54) is 16.3 Å². The second kappa shape index (κ2) is 16.9. The molecule has 2 aromatic carbocycles. The predicted octanol–water partition coefficient (Wildman–Crippen LogP) is 3.94. The number of hydrogen-bond acceptors (Lipinski definition) is 10. The zero-order chi connectivity index (χ0) is 34.5. The maximum atomic E-state index is 13.8. The third-order valence-corrected chi connectivity index (χ3v) is 10.6. The molecule has 1 aliphatic heterocycles. The number of benzene rings is 2. The van der Waals surface area contributed by atoms with Crippen molar-refractivity contribution in [3.63, 3.8) is 0 Å². The van der Waals surface area contributed by atoms with Crippen molar-refractivity contribution in [1.82, 2.24) is 24.6 Å². The molecule has 5 aromatic rings. The first-order valence-electron chi connectivity index (χ1n) is 15.7. The van der Waals surface area contributed by atoms with Gasteiger partial charge in [0.15, 0.2) is 12.2 Å². The third kappa shape index (κ3) is 8.61. The fraction of sp³-hybridized carbons (Fsp3) is 0.394. The Labute approximate surface area is 298 Å². The van der Waals surface area contributed by atoms with Crippen molar-refractivity contribution >= 4 is 53.2 Å². The van der Waals surface area contributed by atoms with Gasteiger partial charge in [0, 0.05) is 41.3 Å². The Balaban J connectivity index is 0.00000486. The van der Waals surface area contributed by atoms with Crippen LogP contribution in [0.3, 0.4) is 0 Å². The molecule has 3 aromatic heterocycles. The molecule has 0 amide bonds. The molecule has 6 rings (SSSR count). The monoisotopic (exact) mass is 748 g/mol. The number of nitrogens with zero attached hydrogens (tertiary/aromatic N) is 3. The van der Waals surface area contributed by atoms with E-state index < -0.39 is 32.3 Å². The van der Waals surface area contributed by atoms with Gasteiger partial charge in [0.25, 0.3) is 5.56 Å². The van der Waals surface area contributed by atoms with Crippen LogP contribution < -0.4 is 20.0 Å². The summed E-state index contributed by atoms with van der Waals surface area (Å²) in [6, 6.07) is 14.8. The highest BCUT2D eigenvalue weighted by Crippen LogP contribution is 2.44. The molecule has 14 nitrogen and oxygen atoms in total. The summed E-state index contributed by atoms with van der Waals surface area (Å²) >= 11 is 7.50. The van der Waals surface area contributed by atoms with Gasteiger partial charge in [-0.25, -0.2) is 14.2 Å². The van der Waals surface area contributed by atoms with Crippen LogP contribution in [-0.4, -0.2) is 86.4 Å². The van der Waals surface area contributed by atoms with E-state index in [1.807, 2.05) is 36.7 Å². The minimum atomic E-state index is -3.84. The molecule has 50 heavy (non-hydrogen) atoms. The number of aryl methyl sites for hydroxylation is 1. The Bertz CT molecular complexity index is 1990. The molecule has 5 atom stereocenters. The standard InChI is InChI=1S/C32H38ClN6O8PS.CH3/c1-20-36-30-27(31(42)37-20)38(13-14-44-23-9-7-22(33)8-10-23)19-39(30)32-29(41)28(40)26(47-32)18-46-48(43,45-15-16-49-2)35-12-11-21-17-34-25-6-4-3-5-24(21)25;/h3-10,17,19,26,28-29,32,34,40-41H,11-16,18H2,1-2H3,(H-,35,36,37,42,43);1H3/q;-1/p+1/t26-,28+,29?,32-,48?;/m1./s1. The molecule has 270 valence electrons. The van der Waals surface area contributed by atoms with Crippen LogP contribution in [0, 0.1) is 14.4 Å². The summed E-state index contributed by atoms with van der Waals surface area (Å²) < 4.78 is 40.4. The van der Waals surface area contributed by atoms with E-state index in [0.29, 0.717) is 35.3 Å². The average Bonchev–Trinajstić information content (AvgIpc) is 3.75. The lowest BCUT2D eigenvalue weighted by Crippen LogP contribution is -2.46. The van der Waals surface area contributed by atoms with Crippen molar-refractivity contribution in [3.8, 4) is 5.75 Å². The fourth-order valence-corrected chi connectivity index (χ4v) is 7.54. The third-order valence-electron chi connectivity index (χ3n) is 8.15. The second-order valence-corrected chi connectivity index (χ2v) is 14.8. The van der Waals surface area contributed by atoms with Gasteiger partial charge in [-0.05, 0) is 48.6 Å². The topological polar surface area (TPSA) is 177 Å². The Morgan fingerprint density at radius 2 is 1.92 bits per heavy atom. The number of aromatic amines is 2. The summed E-state index contributed by atoms with van der Waals surface area (Å²) in [5.41, 5.74) is 2.16. The van der Waals surface area contributed by atoms with Gasteiger partial charge in [-0.1, -0.05) is 34.8 Å². The van der Waals surface area contributed by atoms with Crippen molar-refractivity contribution in [2.45, 2.75) is 44.4 Å². The number of fused-ring (bicyclic) bond motifs is 2. The highest BCUT2D eigenvalue weighted by molar-refractivity contribution is 7.98. The molecule has 0 aliphatic carbocycles. The maximum Gasteiger partial charge on any atom is 0.405 e. The Hall–Kier alpha value is -3.24. The predicted molar refractivity (Wildman–Crippen MR) is 192 cm³/mol. The van der Waals surface area contributed by atoms with Crippen LogP contribution in [0.2, 0.25) is 5.02 Å². The molecule has 1 saturated heterocycles. The van der Waals surface area contributed by atoms with E-state index in [0.717, 1.165) is 16.5 Å². The van der Waals surface area contributed by atoms with Crippen LogP contribution in [0.4, 0.5) is 0 Å². The maximum absolute atomic E-state index is 13.8.